The van der Waals surface area contributed by atoms with Gasteiger partial charge in [0.1, 0.15) is 17.1 Å². The van der Waals surface area contributed by atoms with Gasteiger partial charge in [-0.3, -0.25) is 4.79 Å². The standard InChI is InChI=1S/C31H37NO5/c1-7-26(24-11-10-12-25(18-24)32(20(2)3)21(4)5)28-17-23(19-33)15-16-30(28)37-31(35)27-13-8-9-14-29(27)36-22(6)34/h8-18,20-21,26,33H,7,19H2,1-6H3. The molecule has 0 aromatic heterocycles. The van der Waals surface area contributed by atoms with Crippen LogP contribution in [0.1, 0.15) is 80.9 Å². The van der Waals surface area contributed by atoms with Gasteiger partial charge in [0.05, 0.1) is 6.61 Å². The van der Waals surface area contributed by atoms with Gasteiger partial charge in [-0.2, -0.15) is 0 Å². The van der Waals surface area contributed by atoms with E-state index in [1.54, 1.807) is 36.4 Å². The maximum atomic E-state index is 13.2. The van der Waals surface area contributed by atoms with E-state index in [4.69, 9.17) is 9.47 Å². The molecule has 0 spiro atoms. The van der Waals surface area contributed by atoms with Crippen LogP contribution in [0.25, 0.3) is 0 Å². The van der Waals surface area contributed by atoms with E-state index in [2.05, 4.69) is 63.8 Å². The summed E-state index contributed by atoms with van der Waals surface area (Å²) in [6, 6.07) is 21.0. The molecule has 0 bridgehead atoms. The minimum absolute atomic E-state index is 0.0702. The maximum Gasteiger partial charge on any atom is 0.347 e. The van der Waals surface area contributed by atoms with Gasteiger partial charge in [-0.25, -0.2) is 4.79 Å². The quantitative estimate of drug-likeness (QED) is 0.252. The van der Waals surface area contributed by atoms with Crippen LogP contribution in [0.15, 0.2) is 66.7 Å². The first-order chi connectivity index (χ1) is 17.7. The number of para-hydroxylation sites is 1. The van der Waals surface area contributed by atoms with Crippen LogP contribution < -0.4 is 14.4 Å². The molecule has 1 unspecified atom stereocenters. The van der Waals surface area contributed by atoms with Crippen molar-refractivity contribution < 1.29 is 24.2 Å². The average Bonchev–Trinajstić information content (AvgIpc) is 2.85. The van der Waals surface area contributed by atoms with E-state index in [-0.39, 0.29) is 23.8 Å². The van der Waals surface area contributed by atoms with Crippen molar-refractivity contribution in [2.75, 3.05) is 4.90 Å². The highest BCUT2D eigenvalue weighted by Gasteiger charge is 2.23. The Morgan fingerprint density at radius 2 is 1.57 bits per heavy atom. The number of ether oxygens (including phenoxy) is 2. The fourth-order valence-electron chi connectivity index (χ4n) is 4.83. The number of aliphatic hydroxyl groups is 1. The molecule has 3 aromatic rings. The largest absolute Gasteiger partial charge is 0.426 e. The lowest BCUT2D eigenvalue weighted by Gasteiger charge is -2.34. The molecular weight excluding hydrogens is 466 g/mol. The Balaban J connectivity index is 2.04. The molecule has 0 amide bonds. The fraction of sp³-hybridized carbons (Fsp3) is 0.355. The van der Waals surface area contributed by atoms with Crippen molar-refractivity contribution in [2.24, 2.45) is 0 Å². The highest BCUT2D eigenvalue weighted by Crippen LogP contribution is 2.37. The van der Waals surface area contributed by atoms with Gasteiger partial charge in [0, 0.05) is 36.2 Å². The van der Waals surface area contributed by atoms with Crippen molar-refractivity contribution in [3.05, 3.63) is 89.0 Å². The third-order valence-corrected chi connectivity index (χ3v) is 6.29. The number of anilines is 1. The van der Waals surface area contributed by atoms with Crippen LogP contribution in [0.5, 0.6) is 11.5 Å². The van der Waals surface area contributed by atoms with Gasteiger partial charge >= 0.3 is 11.9 Å². The zero-order valence-corrected chi connectivity index (χ0v) is 22.5. The Morgan fingerprint density at radius 1 is 0.865 bits per heavy atom. The highest BCUT2D eigenvalue weighted by molar-refractivity contribution is 5.95. The first-order valence-corrected chi connectivity index (χ1v) is 12.8. The minimum Gasteiger partial charge on any atom is -0.426 e. The number of rotatable bonds is 10. The Hall–Kier alpha value is -3.64. The topological polar surface area (TPSA) is 76.1 Å². The highest BCUT2D eigenvalue weighted by atomic mass is 16.5. The van der Waals surface area contributed by atoms with Crippen molar-refractivity contribution in [3.8, 4) is 11.5 Å². The van der Waals surface area contributed by atoms with E-state index in [1.165, 1.54) is 6.92 Å². The summed E-state index contributed by atoms with van der Waals surface area (Å²) in [5.41, 5.74) is 3.93. The summed E-state index contributed by atoms with van der Waals surface area (Å²) in [6.07, 6.45) is 0.760. The molecule has 3 aromatic carbocycles. The molecule has 0 aliphatic carbocycles. The van der Waals surface area contributed by atoms with Crippen molar-refractivity contribution in [3.63, 3.8) is 0 Å². The smallest absolute Gasteiger partial charge is 0.347 e. The van der Waals surface area contributed by atoms with E-state index in [0.29, 0.717) is 17.8 Å². The summed E-state index contributed by atoms with van der Waals surface area (Å²) in [5.74, 6) is -0.656. The molecule has 0 radical (unpaired) electrons. The molecule has 1 atom stereocenters. The number of nitrogens with zero attached hydrogens (tertiary/aromatic N) is 1. The second kappa shape index (κ2) is 12.5. The molecule has 37 heavy (non-hydrogen) atoms. The third-order valence-electron chi connectivity index (χ3n) is 6.29. The molecule has 0 saturated heterocycles. The monoisotopic (exact) mass is 503 g/mol. The number of carbonyl (C=O) groups is 2. The van der Waals surface area contributed by atoms with Crippen molar-refractivity contribution in [2.45, 2.75) is 72.6 Å². The van der Waals surface area contributed by atoms with E-state index in [9.17, 15) is 14.7 Å². The molecule has 0 aliphatic rings. The van der Waals surface area contributed by atoms with Crippen LogP contribution in [-0.4, -0.2) is 29.1 Å². The van der Waals surface area contributed by atoms with Crippen LogP contribution >= 0.6 is 0 Å². The van der Waals surface area contributed by atoms with E-state index in [1.807, 2.05) is 6.07 Å². The second-order valence-corrected chi connectivity index (χ2v) is 9.66. The van der Waals surface area contributed by atoms with Gasteiger partial charge in [0.25, 0.3) is 0 Å². The van der Waals surface area contributed by atoms with Gasteiger partial charge in [-0.15, -0.1) is 0 Å². The van der Waals surface area contributed by atoms with Gasteiger partial charge in [-0.1, -0.05) is 37.3 Å². The summed E-state index contributed by atoms with van der Waals surface area (Å²) in [6.45, 7) is 12.0. The summed E-state index contributed by atoms with van der Waals surface area (Å²) in [5, 5.41) is 9.83. The summed E-state index contributed by atoms with van der Waals surface area (Å²) in [4.78, 5) is 27.1. The van der Waals surface area contributed by atoms with Crippen LogP contribution in [0.3, 0.4) is 0 Å². The summed E-state index contributed by atoms with van der Waals surface area (Å²) in [7, 11) is 0. The SMILES string of the molecule is CCC(c1cccc(N(C(C)C)C(C)C)c1)c1cc(CO)ccc1OC(=O)c1ccccc1OC(C)=O. The summed E-state index contributed by atoms with van der Waals surface area (Å²) >= 11 is 0. The first-order valence-electron chi connectivity index (χ1n) is 12.8. The Bertz CT molecular complexity index is 1230. The predicted octanol–water partition coefficient (Wildman–Crippen LogP) is 6.49. The number of carbonyl (C=O) groups excluding carboxylic acids is 2. The normalized spacial score (nSPS) is 11.9. The van der Waals surface area contributed by atoms with E-state index < -0.39 is 11.9 Å². The minimum atomic E-state index is -0.621. The van der Waals surface area contributed by atoms with Gasteiger partial charge < -0.3 is 19.5 Å². The van der Waals surface area contributed by atoms with Crippen LogP contribution in [-0.2, 0) is 11.4 Å². The molecule has 0 fully saturated rings. The first kappa shape index (κ1) is 27.9. The number of esters is 2. The number of hydrogen-bond donors (Lipinski definition) is 1. The van der Waals surface area contributed by atoms with Gasteiger partial charge in [0.15, 0.2) is 0 Å². The second-order valence-electron chi connectivity index (χ2n) is 9.66. The Labute approximate surface area is 219 Å². The van der Waals surface area contributed by atoms with Crippen LogP contribution in [0.4, 0.5) is 5.69 Å². The van der Waals surface area contributed by atoms with Crippen molar-refractivity contribution in [1.29, 1.82) is 0 Å². The lowest BCUT2D eigenvalue weighted by atomic mass is 9.87. The zero-order chi connectivity index (χ0) is 27.1. The third kappa shape index (κ3) is 6.77. The molecule has 6 nitrogen and oxygen atoms in total. The molecular formula is C31H37NO5. The van der Waals surface area contributed by atoms with Crippen LogP contribution in [0, 0.1) is 0 Å². The molecule has 0 aliphatic heterocycles. The molecule has 1 N–H and O–H groups in total. The lowest BCUT2D eigenvalue weighted by Crippen LogP contribution is -2.37. The van der Waals surface area contributed by atoms with Crippen LogP contribution in [0.2, 0.25) is 0 Å². The van der Waals surface area contributed by atoms with E-state index in [0.717, 1.165) is 28.8 Å². The lowest BCUT2D eigenvalue weighted by molar-refractivity contribution is -0.131. The van der Waals surface area contributed by atoms with Crippen molar-refractivity contribution in [1.82, 2.24) is 0 Å². The molecule has 196 valence electrons. The fourth-order valence-corrected chi connectivity index (χ4v) is 4.83. The van der Waals surface area contributed by atoms with Gasteiger partial charge in [0.2, 0.25) is 0 Å². The number of aliphatic hydroxyl groups excluding tert-OH is 1. The maximum absolute atomic E-state index is 13.2. The number of hydrogen-bond acceptors (Lipinski definition) is 6. The number of benzene rings is 3. The van der Waals surface area contributed by atoms with Crippen molar-refractivity contribution >= 4 is 17.6 Å². The van der Waals surface area contributed by atoms with E-state index >= 15 is 0 Å². The van der Waals surface area contributed by atoms with Gasteiger partial charge in [-0.05, 0) is 81.6 Å². The zero-order valence-electron chi connectivity index (χ0n) is 22.5. The predicted molar refractivity (Wildman–Crippen MR) is 146 cm³/mol. The molecule has 0 heterocycles. The average molecular weight is 504 g/mol. The Morgan fingerprint density at radius 3 is 2.19 bits per heavy atom. The molecule has 6 heteroatoms. The molecule has 3 rings (SSSR count). The Kier molecular flexibility index (Phi) is 9.48. The summed E-state index contributed by atoms with van der Waals surface area (Å²) < 4.78 is 11.1. The molecule has 0 saturated carbocycles.